The van der Waals surface area contributed by atoms with Crippen molar-refractivity contribution in [2.24, 2.45) is 0 Å². The molecule has 0 saturated carbocycles. The first-order chi connectivity index (χ1) is 9.71. The van der Waals surface area contributed by atoms with Gasteiger partial charge < -0.3 is 11.1 Å². The van der Waals surface area contributed by atoms with E-state index in [-0.39, 0.29) is 35.7 Å². The van der Waals surface area contributed by atoms with Crippen molar-refractivity contribution in [1.29, 1.82) is 0 Å². The normalized spacial score (nSPS) is 19.7. The van der Waals surface area contributed by atoms with Gasteiger partial charge in [0.15, 0.2) is 5.82 Å². The molecule has 1 heterocycles. The molecule has 1 unspecified atom stereocenters. The fourth-order valence-electron chi connectivity index (χ4n) is 2.26. The Hall–Kier alpha value is -1.38. The molecule has 1 amide bonds. The number of halogens is 2. The maximum Gasteiger partial charge on any atom is 0.246 e. The molecule has 9 heteroatoms. The van der Waals surface area contributed by atoms with Gasteiger partial charge in [0.25, 0.3) is 0 Å². The van der Waals surface area contributed by atoms with Crippen molar-refractivity contribution in [3.63, 3.8) is 0 Å². The number of sulfonamides is 1. The Labute approximate surface area is 127 Å². The number of amides is 1. The van der Waals surface area contributed by atoms with E-state index >= 15 is 0 Å². The average Bonchev–Trinajstić information content (AvgIpc) is 2.81. The number of hydrogen-bond acceptors (Lipinski definition) is 4. The Balaban J connectivity index is 2.30. The summed E-state index contributed by atoms with van der Waals surface area (Å²) in [5.74, 6) is -1.26. The molecule has 1 aromatic rings. The summed E-state index contributed by atoms with van der Waals surface area (Å²) in [7, 11) is -4.04. The monoisotopic (exact) mass is 335 g/mol. The number of benzene rings is 1. The molecule has 6 nitrogen and oxygen atoms in total. The van der Waals surface area contributed by atoms with E-state index in [1.165, 1.54) is 6.92 Å². The van der Waals surface area contributed by atoms with Crippen LogP contribution >= 0.6 is 11.6 Å². The van der Waals surface area contributed by atoms with Crippen molar-refractivity contribution in [1.82, 2.24) is 9.62 Å². The molecule has 1 fully saturated rings. The van der Waals surface area contributed by atoms with Gasteiger partial charge in [-0.3, -0.25) is 4.79 Å². The Bertz CT molecular complexity index is 681. The highest BCUT2D eigenvalue weighted by molar-refractivity contribution is 7.89. The van der Waals surface area contributed by atoms with Crippen LogP contribution in [0.4, 0.5) is 10.1 Å². The van der Waals surface area contributed by atoms with Gasteiger partial charge in [-0.25, -0.2) is 12.8 Å². The second-order valence-electron chi connectivity index (χ2n) is 4.86. The van der Waals surface area contributed by atoms with E-state index < -0.39 is 20.7 Å². The molecule has 0 aliphatic carbocycles. The third-order valence-electron chi connectivity index (χ3n) is 3.19. The lowest BCUT2D eigenvalue weighted by atomic mass is 10.3. The summed E-state index contributed by atoms with van der Waals surface area (Å²) in [5, 5.41) is 2.30. The minimum Gasteiger partial charge on any atom is -0.399 e. The van der Waals surface area contributed by atoms with Gasteiger partial charge in [-0.15, -0.1) is 0 Å². The van der Waals surface area contributed by atoms with Gasteiger partial charge >= 0.3 is 0 Å². The van der Waals surface area contributed by atoms with Gasteiger partial charge in [0.1, 0.15) is 4.90 Å². The van der Waals surface area contributed by atoms with Crippen molar-refractivity contribution in [3.8, 4) is 0 Å². The van der Waals surface area contributed by atoms with Gasteiger partial charge in [-0.05, 0) is 18.6 Å². The number of nitrogens with zero attached hydrogens (tertiary/aromatic N) is 1. The minimum absolute atomic E-state index is 0.0672. The number of anilines is 1. The Morgan fingerprint density at radius 2 is 2.19 bits per heavy atom. The second-order valence-corrected chi connectivity index (χ2v) is 7.18. The lowest BCUT2D eigenvalue weighted by molar-refractivity contribution is -0.119. The maximum atomic E-state index is 14.0. The van der Waals surface area contributed by atoms with E-state index in [9.17, 15) is 17.6 Å². The first kappa shape index (κ1) is 16.0. The van der Waals surface area contributed by atoms with Crippen LogP contribution in [0.2, 0.25) is 5.02 Å². The summed E-state index contributed by atoms with van der Waals surface area (Å²) in [5.41, 5.74) is 5.59. The Morgan fingerprint density at radius 1 is 1.52 bits per heavy atom. The van der Waals surface area contributed by atoms with E-state index in [1.54, 1.807) is 0 Å². The second kappa shape index (κ2) is 5.78. The number of carbonyl (C=O) groups excluding carboxylic acids is 1. The van der Waals surface area contributed by atoms with Crippen molar-refractivity contribution < 1.29 is 17.6 Å². The highest BCUT2D eigenvalue weighted by atomic mass is 35.5. The maximum absolute atomic E-state index is 14.0. The predicted molar refractivity (Wildman–Crippen MR) is 76.8 cm³/mol. The minimum atomic E-state index is -4.04. The molecule has 1 atom stereocenters. The molecule has 2 rings (SSSR count). The summed E-state index contributed by atoms with van der Waals surface area (Å²) in [6.07, 6.45) is 0.469. The molecule has 0 aromatic heterocycles. The zero-order valence-electron chi connectivity index (χ0n) is 11.3. The molecule has 1 aliphatic rings. The predicted octanol–water partition coefficient (Wildman–Crippen LogP) is 0.960. The number of nitrogens with one attached hydrogen (secondary N) is 1. The number of hydrogen-bond donors (Lipinski definition) is 2. The average molecular weight is 336 g/mol. The first-order valence-electron chi connectivity index (χ1n) is 6.23. The largest absolute Gasteiger partial charge is 0.399 e. The fourth-order valence-corrected chi connectivity index (χ4v) is 4.17. The summed E-state index contributed by atoms with van der Waals surface area (Å²) in [6, 6.07) is 1.92. The van der Waals surface area contributed by atoms with Crippen LogP contribution in [0.25, 0.3) is 0 Å². The van der Waals surface area contributed by atoms with Crippen molar-refractivity contribution in [2.75, 3.05) is 18.8 Å². The van der Waals surface area contributed by atoms with E-state index in [1.807, 2.05) is 0 Å². The molecule has 0 radical (unpaired) electrons. The standard InChI is InChI=1S/C12H15ClFN3O3S/c1-7(18)16-9-2-3-17(6-9)21(19,20)11-5-8(15)4-10(13)12(11)14/h4-5,9H,2-3,6,15H2,1H3,(H,16,18). The quantitative estimate of drug-likeness (QED) is 0.805. The van der Waals surface area contributed by atoms with Gasteiger partial charge in [-0.1, -0.05) is 11.6 Å². The highest BCUT2D eigenvalue weighted by Gasteiger charge is 2.35. The van der Waals surface area contributed by atoms with Crippen molar-refractivity contribution in [2.45, 2.75) is 24.3 Å². The molecule has 21 heavy (non-hydrogen) atoms. The highest BCUT2D eigenvalue weighted by Crippen LogP contribution is 2.29. The van der Waals surface area contributed by atoms with Gasteiger partial charge in [0.2, 0.25) is 15.9 Å². The lowest BCUT2D eigenvalue weighted by Gasteiger charge is -2.18. The molecule has 0 bridgehead atoms. The van der Waals surface area contributed by atoms with Crippen LogP contribution in [0.5, 0.6) is 0 Å². The fraction of sp³-hybridized carbons (Fsp3) is 0.417. The third-order valence-corrected chi connectivity index (χ3v) is 5.33. The summed E-state index contributed by atoms with van der Waals surface area (Å²) in [4.78, 5) is 10.5. The van der Waals surface area contributed by atoms with Crippen LogP contribution in [-0.2, 0) is 14.8 Å². The SMILES string of the molecule is CC(=O)NC1CCN(S(=O)(=O)c2cc(N)cc(Cl)c2F)C1. The van der Waals surface area contributed by atoms with Crippen LogP contribution in [-0.4, -0.2) is 37.8 Å². The molecule has 3 N–H and O–H groups in total. The molecule has 116 valence electrons. The summed E-state index contributed by atoms with van der Waals surface area (Å²) in [6.45, 7) is 1.64. The van der Waals surface area contributed by atoms with E-state index in [2.05, 4.69) is 5.32 Å². The van der Waals surface area contributed by atoms with Crippen LogP contribution in [0, 0.1) is 5.82 Å². The van der Waals surface area contributed by atoms with Crippen LogP contribution < -0.4 is 11.1 Å². The molecule has 1 saturated heterocycles. The van der Waals surface area contributed by atoms with E-state index in [0.717, 1.165) is 16.4 Å². The summed E-state index contributed by atoms with van der Waals surface area (Å²) < 4.78 is 40.0. The smallest absolute Gasteiger partial charge is 0.246 e. The Morgan fingerprint density at radius 3 is 2.81 bits per heavy atom. The molecular formula is C12H15ClFN3O3S. The van der Waals surface area contributed by atoms with Crippen LogP contribution in [0.1, 0.15) is 13.3 Å². The topological polar surface area (TPSA) is 92.5 Å². The molecule has 1 aromatic carbocycles. The molecule has 0 spiro atoms. The van der Waals surface area contributed by atoms with Gasteiger partial charge in [0.05, 0.1) is 5.02 Å². The van der Waals surface area contributed by atoms with Crippen LogP contribution in [0.3, 0.4) is 0 Å². The first-order valence-corrected chi connectivity index (χ1v) is 8.05. The van der Waals surface area contributed by atoms with E-state index in [4.69, 9.17) is 17.3 Å². The number of rotatable bonds is 3. The third kappa shape index (κ3) is 3.28. The summed E-state index contributed by atoms with van der Waals surface area (Å²) >= 11 is 5.63. The zero-order chi connectivity index (χ0) is 15.8. The number of nitrogens with two attached hydrogens (primary N) is 1. The number of carbonyl (C=O) groups is 1. The lowest BCUT2D eigenvalue weighted by Crippen LogP contribution is -2.37. The van der Waals surface area contributed by atoms with Gasteiger partial charge in [-0.2, -0.15) is 4.31 Å². The Kier molecular flexibility index (Phi) is 4.40. The number of nitrogen functional groups attached to an aromatic ring is 1. The van der Waals surface area contributed by atoms with Gasteiger partial charge in [0, 0.05) is 31.7 Å². The van der Waals surface area contributed by atoms with Crippen molar-refractivity contribution in [3.05, 3.63) is 23.0 Å². The van der Waals surface area contributed by atoms with Crippen LogP contribution in [0.15, 0.2) is 17.0 Å². The molecular weight excluding hydrogens is 321 g/mol. The molecule has 1 aliphatic heterocycles. The van der Waals surface area contributed by atoms with Crippen molar-refractivity contribution >= 4 is 33.2 Å². The van der Waals surface area contributed by atoms with E-state index in [0.29, 0.717) is 6.42 Å². The zero-order valence-corrected chi connectivity index (χ0v) is 12.8.